The van der Waals surface area contributed by atoms with Crippen molar-refractivity contribution >= 4 is 61.8 Å². The van der Waals surface area contributed by atoms with Crippen LogP contribution in [0.25, 0.3) is 16.3 Å². The van der Waals surface area contributed by atoms with E-state index in [2.05, 4.69) is 32.9 Å². The van der Waals surface area contributed by atoms with Gasteiger partial charge in [0.15, 0.2) is 0 Å². The quantitative estimate of drug-likeness (QED) is 0.512. The molecule has 1 heterocycles. The number of amides is 1. The van der Waals surface area contributed by atoms with E-state index in [-0.39, 0.29) is 5.91 Å². The predicted octanol–water partition coefficient (Wildman–Crippen LogP) is 4.55. The molecule has 0 bridgehead atoms. The number of anilines is 1. The molecular formula is C16H11IN2OS. The third-order valence-electron chi connectivity index (χ3n) is 2.78. The zero-order valence-corrected chi connectivity index (χ0v) is 13.9. The van der Waals surface area contributed by atoms with Crippen LogP contribution in [0.4, 0.5) is 5.69 Å². The normalized spacial score (nSPS) is 11.1. The third kappa shape index (κ3) is 3.68. The molecule has 0 saturated carbocycles. The van der Waals surface area contributed by atoms with E-state index < -0.39 is 0 Å². The van der Waals surface area contributed by atoms with Gasteiger partial charge < -0.3 is 5.32 Å². The highest BCUT2D eigenvalue weighted by Gasteiger charge is 2.01. The molecule has 3 rings (SSSR count). The van der Waals surface area contributed by atoms with Crippen LogP contribution in [0.3, 0.4) is 0 Å². The summed E-state index contributed by atoms with van der Waals surface area (Å²) in [5.74, 6) is -0.156. The molecule has 0 radical (unpaired) electrons. The first-order valence-electron chi connectivity index (χ1n) is 6.31. The Hall–Kier alpha value is -1.73. The number of thiazole rings is 1. The number of para-hydroxylation sites is 1. The summed E-state index contributed by atoms with van der Waals surface area (Å²) in [5, 5.41) is 3.66. The average molecular weight is 406 g/mol. The Morgan fingerprint density at radius 1 is 1.19 bits per heavy atom. The van der Waals surface area contributed by atoms with Crippen LogP contribution in [-0.4, -0.2) is 10.9 Å². The number of nitrogens with one attached hydrogen (secondary N) is 1. The van der Waals surface area contributed by atoms with E-state index in [0.717, 1.165) is 24.5 Å². The summed E-state index contributed by atoms with van der Waals surface area (Å²) in [6.07, 6.45) is 3.26. The summed E-state index contributed by atoms with van der Waals surface area (Å²) < 4.78 is 2.20. The van der Waals surface area contributed by atoms with Gasteiger partial charge in [0, 0.05) is 15.3 Å². The molecule has 0 saturated heterocycles. The first kappa shape index (κ1) is 14.2. The molecule has 0 unspecified atom stereocenters. The van der Waals surface area contributed by atoms with Gasteiger partial charge in [0.2, 0.25) is 5.91 Å². The Morgan fingerprint density at radius 3 is 2.86 bits per heavy atom. The van der Waals surface area contributed by atoms with E-state index in [0.29, 0.717) is 0 Å². The molecule has 0 aliphatic heterocycles. The molecule has 0 fully saturated rings. The lowest BCUT2D eigenvalue weighted by atomic mass is 10.3. The average Bonchev–Trinajstić information content (AvgIpc) is 2.88. The number of hydrogen-bond donors (Lipinski definition) is 1. The van der Waals surface area contributed by atoms with Crippen molar-refractivity contribution in [1.29, 1.82) is 0 Å². The number of rotatable bonds is 3. The smallest absolute Gasteiger partial charge is 0.248 e. The summed E-state index contributed by atoms with van der Waals surface area (Å²) >= 11 is 3.78. The molecule has 0 aliphatic carbocycles. The number of carbonyl (C=O) groups excluding carboxylic acids is 1. The minimum atomic E-state index is -0.156. The highest BCUT2D eigenvalue weighted by atomic mass is 127. The number of benzene rings is 2. The van der Waals surface area contributed by atoms with Crippen LogP contribution >= 0.6 is 33.9 Å². The van der Waals surface area contributed by atoms with Gasteiger partial charge in [0.25, 0.3) is 0 Å². The van der Waals surface area contributed by atoms with Crippen LogP contribution < -0.4 is 5.32 Å². The number of hydrogen-bond acceptors (Lipinski definition) is 3. The Kier molecular flexibility index (Phi) is 4.31. The zero-order chi connectivity index (χ0) is 14.7. The van der Waals surface area contributed by atoms with E-state index in [1.165, 1.54) is 6.08 Å². The number of nitrogens with zero attached hydrogens (tertiary/aromatic N) is 1. The molecule has 2 aromatic carbocycles. The molecule has 1 aromatic heterocycles. The highest BCUT2D eigenvalue weighted by Crippen LogP contribution is 2.22. The van der Waals surface area contributed by atoms with Crippen LogP contribution in [0, 0.1) is 3.57 Å². The maximum atomic E-state index is 11.9. The third-order valence-corrected chi connectivity index (χ3v) is 4.45. The molecule has 3 nitrogen and oxygen atoms in total. The molecule has 104 valence electrons. The lowest BCUT2D eigenvalue weighted by Crippen LogP contribution is -2.07. The van der Waals surface area contributed by atoms with Crippen molar-refractivity contribution in [2.24, 2.45) is 0 Å². The maximum Gasteiger partial charge on any atom is 0.248 e. The monoisotopic (exact) mass is 406 g/mol. The number of carbonyl (C=O) groups is 1. The van der Waals surface area contributed by atoms with Crippen molar-refractivity contribution < 1.29 is 4.79 Å². The summed E-state index contributed by atoms with van der Waals surface area (Å²) in [7, 11) is 0. The Labute approximate surface area is 139 Å². The SMILES string of the molecule is O=C(/C=C/c1nc2ccccc2s1)Nc1cccc(I)c1. The lowest BCUT2D eigenvalue weighted by molar-refractivity contribution is -0.111. The predicted molar refractivity (Wildman–Crippen MR) is 96.4 cm³/mol. The van der Waals surface area contributed by atoms with E-state index in [4.69, 9.17) is 0 Å². The van der Waals surface area contributed by atoms with Crippen LogP contribution in [-0.2, 0) is 4.79 Å². The fourth-order valence-electron chi connectivity index (χ4n) is 1.86. The molecule has 3 aromatic rings. The second-order valence-corrected chi connectivity index (χ2v) is 6.66. The molecule has 1 amide bonds. The van der Waals surface area contributed by atoms with Gasteiger partial charge in [0.1, 0.15) is 5.01 Å². The van der Waals surface area contributed by atoms with E-state index >= 15 is 0 Å². The minimum Gasteiger partial charge on any atom is -0.322 e. The molecule has 21 heavy (non-hydrogen) atoms. The van der Waals surface area contributed by atoms with Crippen molar-refractivity contribution in [2.45, 2.75) is 0 Å². The second-order valence-electron chi connectivity index (χ2n) is 4.35. The van der Waals surface area contributed by atoms with Crippen LogP contribution in [0.5, 0.6) is 0 Å². The molecule has 5 heteroatoms. The fraction of sp³-hybridized carbons (Fsp3) is 0. The van der Waals surface area contributed by atoms with Crippen LogP contribution in [0.1, 0.15) is 5.01 Å². The summed E-state index contributed by atoms with van der Waals surface area (Å²) in [4.78, 5) is 16.3. The largest absolute Gasteiger partial charge is 0.322 e. The summed E-state index contributed by atoms with van der Waals surface area (Å²) in [6, 6.07) is 15.6. The molecule has 1 N–H and O–H groups in total. The molecule has 0 spiro atoms. The first-order chi connectivity index (χ1) is 10.2. The standard InChI is InChI=1S/C16H11IN2OS/c17-11-4-3-5-12(10-11)18-15(20)8-9-16-19-13-6-1-2-7-14(13)21-16/h1-10H,(H,18,20)/b9-8+. The van der Waals surface area contributed by atoms with Crippen LogP contribution in [0.15, 0.2) is 54.6 Å². The second kappa shape index (κ2) is 6.36. The van der Waals surface area contributed by atoms with E-state index in [1.807, 2.05) is 48.5 Å². The Balaban J connectivity index is 1.71. The van der Waals surface area contributed by atoms with Gasteiger partial charge in [-0.2, -0.15) is 0 Å². The maximum absolute atomic E-state index is 11.9. The zero-order valence-electron chi connectivity index (χ0n) is 10.9. The number of aromatic nitrogens is 1. The van der Waals surface area contributed by atoms with Crippen LogP contribution in [0.2, 0.25) is 0 Å². The van der Waals surface area contributed by atoms with Crippen molar-refractivity contribution in [1.82, 2.24) is 4.98 Å². The van der Waals surface area contributed by atoms with Crippen molar-refractivity contribution in [3.05, 3.63) is 63.2 Å². The van der Waals surface area contributed by atoms with Gasteiger partial charge in [-0.1, -0.05) is 18.2 Å². The van der Waals surface area contributed by atoms with Gasteiger partial charge in [-0.25, -0.2) is 4.98 Å². The minimum absolute atomic E-state index is 0.156. The number of fused-ring (bicyclic) bond motifs is 1. The molecule has 0 atom stereocenters. The van der Waals surface area contributed by atoms with Crippen molar-refractivity contribution in [3.63, 3.8) is 0 Å². The van der Waals surface area contributed by atoms with Gasteiger partial charge in [-0.3, -0.25) is 4.79 Å². The van der Waals surface area contributed by atoms with E-state index in [1.54, 1.807) is 17.4 Å². The van der Waals surface area contributed by atoms with Gasteiger partial charge in [-0.05, 0) is 59.0 Å². The van der Waals surface area contributed by atoms with Gasteiger partial charge in [-0.15, -0.1) is 11.3 Å². The Bertz CT molecular complexity index is 793. The summed E-state index contributed by atoms with van der Waals surface area (Å²) in [6.45, 7) is 0. The fourth-order valence-corrected chi connectivity index (χ4v) is 3.27. The Morgan fingerprint density at radius 2 is 2.05 bits per heavy atom. The topological polar surface area (TPSA) is 42.0 Å². The summed E-state index contributed by atoms with van der Waals surface area (Å²) in [5.41, 5.74) is 1.75. The first-order valence-corrected chi connectivity index (χ1v) is 8.20. The van der Waals surface area contributed by atoms with E-state index in [9.17, 15) is 4.79 Å². The molecular weight excluding hydrogens is 395 g/mol. The van der Waals surface area contributed by atoms with Gasteiger partial charge >= 0.3 is 0 Å². The number of halogens is 1. The molecule has 0 aliphatic rings. The van der Waals surface area contributed by atoms with Crippen molar-refractivity contribution in [2.75, 3.05) is 5.32 Å². The lowest BCUT2D eigenvalue weighted by Gasteiger charge is -2.01. The van der Waals surface area contributed by atoms with Crippen molar-refractivity contribution in [3.8, 4) is 0 Å². The highest BCUT2D eigenvalue weighted by molar-refractivity contribution is 14.1. The van der Waals surface area contributed by atoms with Gasteiger partial charge in [0.05, 0.1) is 10.2 Å².